The van der Waals surface area contributed by atoms with Gasteiger partial charge in [0.1, 0.15) is 12.1 Å². The average molecular weight is 709 g/mol. The number of benzene rings is 2. The number of nitrogens with one attached hydrogen (secondary N) is 2. The molecule has 3 N–H and O–H groups in total. The normalized spacial score (nSPS) is 17.4. The maximum absolute atomic E-state index is 13.2. The summed E-state index contributed by atoms with van der Waals surface area (Å²) in [6, 6.07) is 18.0. The summed E-state index contributed by atoms with van der Waals surface area (Å²) in [6.45, 7) is 9.89. The molecule has 5 rings (SSSR count). The highest BCUT2D eigenvalue weighted by Gasteiger charge is 2.27. The van der Waals surface area contributed by atoms with E-state index >= 15 is 0 Å². The number of thiophene rings is 1. The van der Waals surface area contributed by atoms with E-state index in [2.05, 4.69) is 72.6 Å². The number of nitrogens with zero attached hydrogens (tertiary/aromatic N) is 2. The molecule has 1 saturated carbocycles. The van der Waals surface area contributed by atoms with Crippen LogP contribution in [0.4, 0.5) is 0 Å². The SMILES string of the molecule is CCCCCC1CCC(c2ccc(-c3cnc(-c4ccc(C[C@H](NC(=O)c5ccc(C(C)(C)C)s5)C(=O)N[C@H](C)C(=O)O)cc4)nc3)cc2)CC1. The van der Waals surface area contributed by atoms with E-state index in [1.165, 1.54) is 75.2 Å². The molecule has 0 aliphatic heterocycles. The number of carbonyl (C=O) groups is 3. The third kappa shape index (κ3) is 10.3. The minimum atomic E-state index is -1.15. The Morgan fingerprint density at radius 3 is 2.08 bits per heavy atom. The molecule has 0 unspecified atom stereocenters. The zero-order chi connectivity index (χ0) is 36.5. The summed E-state index contributed by atoms with van der Waals surface area (Å²) in [4.78, 5) is 48.7. The first-order valence-corrected chi connectivity index (χ1v) is 19.2. The first-order valence-electron chi connectivity index (χ1n) is 18.4. The van der Waals surface area contributed by atoms with Gasteiger partial charge in [-0.1, -0.05) is 102 Å². The highest BCUT2D eigenvalue weighted by atomic mass is 32.1. The van der Waals surface area contributed by atoms with Crippen molar-refractivity contribution in [2.75, 3.05) is 0 Å². The van der Waals surface area contributed by atoms with E-state index < -0.39 is 24.0 Å². The fraction of sp³-hybridized carbons (Fsp3) is 0.452. The fourth-order valence-electron chi connectivity index (χ4n) is 6.74. The van der Waals surface area contributed by atoms with Crippen molar-refractivity contribution in [3.05, 3.63) is 93.9 Å². The number of aliphatic carboxylic acids is 1. The van der Waals surface area contributed by atoms with Gasteiger partial charge in [-0.3, -0.25) is 14.4 Å². The topological polar surface area (TPSA) is 121 Å². The molecule has 2 heterocycles. The van der Waals surface area contributed by atoms with Gasteiger partial charge < -0.3 is 15.7 Å². The first kappa shape index (κ1) is 37.9. The molecule has 2 aromatic carbocycles. The van der Waals surface area contributed by atoms with E-state index in [-0.39, 0.29) is 17.7 Å². The maximum Gasteiger partial charge on any atom is 0.325 e. The largest absolute Gasteiger partial charge is 0.480 e. The zero-order valence-electron chi connectivity index (χ0n) is 30.6. The molecule has 4 aromatic rings. The summed E-state index contributed by atoms with van der Waals surface area (Å²) in [6.07, 6.45) is 14.6. The Morgan fingerprint density at radius 2 is 1.49 bits per heavy atom. The van der Waals surface area contributed by atoms with Crippen molar-refractivity contribution in [3.8, 4) is 22.5 Å². The molecular formula is C42H52N4O4S. The van der Waals surface area contributed by atoms with Gasteiger partial charge in [-0.2, -0.15) is 0 Å². The third-order valence-electron chi connectivity index (χ3n) is 10.0. The summed E-state index contributed by atoms with van der Waals surface area (Å²) in [5, 5.41) is 14.7. The van der Waals surface area contributed by atoms with Gasteiger partial charge in [-0.05, 0) is 78.7 Å². The molecule has 0 bridgehead atoms. The fourth-order valence-corrected chi connectivity index (χ4v) is 7.71. The van der Waals surface area contributed by atoms with Crippen molar-refractivity contribution in [1.82, 2.24) is 20.6 Å². The molecular weight excluding hydrogens is 657 g/mol. The minimum absolute atomic E-state index is 0.111. The van der Waals surface area contributed by atoms with Crippen LogP contribution in [0.1, 0.15) is 118 Å². The predicted molar refractivity (Wildman–Crippen MR) is 205 cm³/mol. The summed E-state index contributed by atoms with van der Waals surface area (Å²) < 4.78 is 0. The van der Waals surface area contributed by atoms with Crippen molar-refractivity contribution in [2.45, 2.75) is 116 Å². The molecule has 270 valence electrons. The number of carboxylic acid groups (broad SMARTS) is 1. The molecule has 0 saturated heterocycles. The van der Waals surface area contributed by atoms with Crippen LogP contribution in [0, 0.1) is 5.92 Å². The number of hydrogen-bond donors (Lipinski definition) is 3. The smallest absolute Gasteiger partial charge is 0.325 e. The second-order valence-corrected chi connectivity index (χ2v) is 16.1. The Balaban J connectivity index is 1.21. The zero-order valence-corrected chi connectivity index (χ0v) is 31.4. The monoisotopic (exact) mass is 708 g/mol. The van der Waals surface area contributed by atoms with Crippen LogP contribution in [0.15, 0.2) is 73.1 Å². The van der Waals surface area contributed by atoms with Crippen LogP contribution in [-0.4, -0.2) is 44.9 Å². The van der Waals surface area contributed by atoms with Crippen LogP contribution in [0.25, 0.3) is 22.5 Å². The Hall–Kier alpha value is -4.37. The van der Waals surface area contributed by atoms with Crippen molar-refractivity contribution >= 4 is 29.1 Å². The summed E-state index contributed by atoms with van der Waals surface area (Å²) in [5.74, 6) is 0.0521. The van der Waals surface area contributed by atoms with Gasteiger partial charge in [0.15, 0.2) is 5.82 Å². The van der Waals surface area contributed by atoms with Crippen LogP contribution in [0.3, 0.4) is 0 Å². The number of carboxylic acids is 1. The van der Waals surface area contributed by atoms with E-state index in [4.69, 9.17) is 0 Å². The standard InChI is InChI=1S/C42H52N4O4S/c1-6-7-8-9-28-10-14-30(15-11-28)31-18-20-32(21-19-31)34-25-43-38(44-26-34)33-16-12-29(13-17-33)24-35(39(47)45-27(2)41(49)50)46-40(48)36-22-23-37(51-36)42(3,4)5/h12-13,16-23,25-28,30,35H,6-11,14-15,24H2,1-5H3,(H,45,47)(H,46,48)(H,49,50)/t27-,28?,30?,35+/m1/s1. The van der Waals surface area contributed by atoms with E-state index in [9.17, 15) is 19.5 Å². The first-order chi connectivity index (χ1) is 24.4. The lowest BCUT2D eigenvalue weighted by atomic mass is 9.77. The van der Waals surface area contributed by atoms with Gasteiger partial charge in [0.05, 0.1) is 4.88 Å². The highest BCUT2D eigenvalue weighted by Crippen LogP contribution is 2.38. The van der Waals surface area contributed by atoms with Crippen molar-refractivity contribution in [1.29, 1.82) is 0 Å². The lowest BCUT2D eigenvalue weighted by molar-refractivity contribution is -0.141. The molecule has 1 aliphatic carbocycles. The van der Waals surface area contributed by atoms with Crippen LogP contribution in [-0.2, 0) is 21.4 Å². The van der Waals surface area contributed by atoms with E-state index in [0.29, 0.717) is 16.6 Å². The Bertz CT molecular complexity index is 1750. The molecule has 2 aromatic heterocycles. The summed E-state index contributed by atoms with van der Waals surface area (Å²) >= 11 is 1.38. The quantitative estimate of drug-likeness (QED) is 0.113. The van der Waals surface area contributed by atoms with Crippen LogP contribution in [0.2, 0.25) is 0 Å². The minimum Gasteiger partial charge on any atom is -0.480 e. The molecule has 9 heteroatoms. The molecule has 8 nitrogen and oxygen atoms in total. The maximum atomic E-state index is 13.2. The summed E-state index contributed by atoms with van der Waals surface area (Å²) in [7, 11) is 0. The van der Waals surface area contributed by atoms with Crippen LogP contribution in [0.5, 0.6) is 0 Å². The highest BCUT2D eigenvalue weighted by molar-refractivity contribution is 7.14. The molecule has 2 amide bonds. The average Bonchev–Trinajstić information content (AvgIpc) is 3.64. The second-order valence-electron chi connectivity index (χ2n) is 15.0. The van der Waals surface area contributed by atoms with Gasteiger partial charge in [0, 0.05) is 34.8 Å². The Morgan fingerprint density at radius 1 is 0.843 bits per heavy atom. The van der Waals surface area contributed by atoms with E-state index in [1.54, 1.807) is 6.07 Å². The molecule has 0 radical (unpaired) electrons. The number of carbonyl (C=O) groups excluding carboxylic acids is 2. The third-order valence-corrected chi connectivity index (χ3v) is 11.5. The Kier molecular flexibility index (Phi) is 12.8. The predicted octanol–water partition coefficient (Wildman–Crippen LogP) is 8.95. The van der Waals surface area contributed by atoms with Gasteiger partial charge in [-0.25, -0.2) is 9.97 Å². The van der Waals surface area contributed by atoms with E-state index in [1.807, 2.05) is 42.7 Å². The van der Waals surface area contributed by atoms with Crippen molar-refractivity contribution < 1.29 is 19.5 Å². The summed E-state index contributed by atoms with van der Waals surface area (Å²) in [5.41, 5.74) is 4.99. The number of unbranched alkanes of at least 4 members (excludes halogenated alkanes) is 2. The Labute approximate surface area is 306 Å². The molecule has 1 aliphatic rings. The molecule has 1 fully saturated rings. The molecule has 51 heavy (non-hydrogen) atoms. The van der Waals surface area contributed by atoms with Gasteiger partial charge >= 0.3 is 5.97 Å². The molecule has 0 spiro atoms. The lowest BCUT2D eigenvalue weighted by Crippen LogP contribution is -2.51. The van der Waals surface area contributed by atoms with Crippen LogP contribution >= 0.6 is 11.3 Å². The van der Waals surface area contributed by atoms with Gasteiger partial charge in [-0.15, -0.1) is 11.3 Å². The number of aromatic nitrogens is 2. The van der Waals surface area contributed by atoms with Crippen molar-refractivity contribution in [3.63, 3.8) is 0 Å². The lowest BCUT2D eigenvalue weighted by Gasteiger charge is -2.29. The second kappa shape index (κ2) is 17.2. The number of amides is 2. The van der Waals surface area contributed by atoms with Gasteiger partial charge in [0.25, 0.3) is 5.91 Å². The van der Waals surface area contributed by atoms with E-state index in [0.717, 1.165) is 33.0 Å². The number of rotatable bonds is 14. The van der Waals surface area contributed by atoms with Crippen LogP contribution < -0.4 is 10.6 Å². The molecule has 2 atom stereocenters. The van der Waals surface area contributed by atoms with Gasteiger partial charge in [0.2, 0.25) is 5.91 Å². The number of hydrogen-bond acceptors (Lipinski definition) is 6. The van der Waals surface area contributed by atoms with Crippen molar-refractivity contribution in [2.24, 2.45) is 5.92 Å².